The Hall–Kier alpha value is -0.970. The van der Waals surface area contributed by atoms with Crippen molar-refractivity contribution in [2.24, 2.45) is 0 Å². The van der Waals surface area contributed by atoms with Crippen LogP contribution in [0.4, 0.5) is 13.2 Å². The maximum atomic E-state index is 12.8. The van der Waals surface area contributed by atoms with Gasteiger partial charge < -0.3 is 4.55 Å². The number of benzene rings is 1. The van der Waals surface area contributed by atoms with E-state index in [1.54, 1.807) is 0 Å². The number of sulfonamides is 1. The van der Waals surface area contributed by atoms with Gasteiger partial charge in [-0.05, 0) is 31.0 Å². The summed E-state index contributed by atoms with van der Waals surface area (Å²) in [5.74, 6) is -0.252. The first-order valence-electron chi connectivity index (χ1n) is 6.89. The molecular formula is C13H16F3NO4S2. The predicted octanol–water partition coefficient (Wildman–Crippen LogP) is 2.47. The van der Waals surface area contributed by atoms with Crippen molar-refractivity contribution in [2.75, 3.05) is 12.3 Å². The van der Waals surface area contributed by atoms with Gasteiger partial charge in [-0.15, -0.1) is 0 Å². The number of alkyl halides is 3. The molecule has 0 radical (unpaired) electrons. The van der Waals surface area contributed by atoms with E-state index in [0.29, 0.717) is 25.3 Å². The van der Waals surface area contributed by atoms with Crippen LogP contribution >= 0.6 is 0 Å². The largest absolute Gasteiger partial charge is 0.416 e. The van der Waals surface area contributed by atoms with Crippen LogP contribution in [0, 0.1) is 0 Å². The Morgan fingerprint density at radius 3 is 2.61 bits per heavy atom. The topological polar surface area (TPSA) is 74.7 Å². The molecule has 2 rings (SSSR count). The Balaban J connectivity index is 2.38. The van der Waals surface area contributed by atoms with E-state index in [0.717, 1.165) is 22.5 Å². The van der Waals surface area contributed by atoms with Crippen molar-refractivity contribution in [3.8, 4) is 0 Å². The highest BCUT2D eigenvalue weighted by atomic mass is 32.2. The summed E-state index contributed by atoms with van der Waals surface area (Å²) in [6.07, 6.45) is -2.97. The number of piperidine rings is 1. The van der Waals surface area contributed by atoms with Gasteiger partial charge in [0.2, 0.25) is 10.0 Å². The minimum absolute atomic E-state index is 0.125. The van der Waals surface area contributed by atoms with Gasteiger partial charge >= 0.3 is 6.18 Å². The van der Waals surface area contributed by atoms with Gasteiger partial charge in [0, 0.05) is 12.6 Å². The van der Waals surface area contributed by atoms with Gasteiger partial charge in [-0.3, -0.25) is 0 Å². The minimum Gasteiger partial charge on any atom is -0.306 e. The second-order valence-corrected chi connectivity index (χ2v) is 8.15. The van der Waals surface area contributed by atoms with Crippen LogP contribution in [-0.4, -0.2) is 39.8 Å². The molecule has 1 aromatic rings. The average molecular weight is 371 g/mol. The first kappa shape index (κ1) is 18.4. The lowest BCUT2D eigenvalue weighted by molar-refractivity contribution is -0.137. The third kappa shape index (κ3) is 4.31. The Labute approximate surface area is 134 Å². The van der Waals surface area contributed by atoms with E-state index in [9.17, 15) is 25.8 Å². The molecule has 0 aromatic heterocycles. The van der Waals surface area contributed by atoms with Gasteiger partial charge in [-0.1, -0.05) is 12.5 Å². The van der Waals surface area contributed by atoms with Crippen molar-refractivity contribution in [3.63, 3.8) is 0 Å². The number of hydrogen-bond donors (Lipinski definition) is 1. The third-order valence-corrected chi connectivity index (χ3v) is 6.29. The summed E-state index contributed by atoms with van der Waals surface area (Å²) in [5.41, 5.74) is -1.04. The van der Waals surface area contributed by atoms with Crippen molar-refractivity contribution in [2.45, 2.75) is 36.4 Å². The molecule has 1 aliphatic rings. The fraction of sp³-hybridized carbons (Fsp3) is 0.538. The van der Waals surface area contributed by atoms with Gasteiger partial charge in [-0.25, -0.2) is 12.6 Å². The zero-order chi connectivity index (χ0) is 17.3. The quantitative estimate of drug-likeness (QED) is 0.825. The summed E-state index contributed by atoms with van der Waals surface area (Å²) in [4.78, 5) is -0.456. The van der Waals surface area contributed by atoms with E-state index in [2.05, 4.69) is 0 Å². The molecule has 0 bridgehead atoms. The average Bonchev–Trinajstić information content (AvgIpc) is 2.46. The summed E-state index contributed by atoms with van der Waals surface area (Å²) in [6.45, 7) is 0.125. The molecule has 1 fully saturated rings. The molecule has 1 aliphatic heterocycles. The zero-order valence-electron chi connectivity index (χ0n) is 12.0. The molecule has 5 nitrogen and oxygen atoms in total. The van der Waals surface area contributed by atoms with Crippen LogP contribution in [0.2, 0.25) is 0 Å². The van der Waals surface area contributed by atoms with E-state index in [4.69, 9.17) is 4.55 Å². The predicted molar refractivity (Wildman–Crippen MR) is 78.6 cm³/mol. The Kier molecular flexibility index (Phi) is 5.49. The van der Waals surface area contributed by atoms with Crippen molar-refractivity contribution in [1.82, 2.24) is 4.31 Å². The molecule has 1 N–H and O–H groups in total. The Morgan fingerprint density at radius 2 is 2.00 bits per heavy atom. The van der Waals surface area contributed by atoms with Crippen LogP contribution < -0.4 is 0 Å². The molecule has 0 saturated carbocycles. The van der Waals surface area contributed by atoms with Gasteiger partial charge in [-0.2, -0.15) is 17.5 Å². The van der Waals surface area contributed by atoms with Crippen LogP contribution in [0.1, 0.15) is 24.8 Å². The van der Waals surface area contributed by atoms with E-state index in [-0.39, 0.29) is 12.3 Å². The maximum Gasteiger partial charge on any atom is 0.416 e. The smallest absolute Gasteiger partial charge is 0.306 e. The fourth-order valence-electron chi connectivity index (χ4n) is 2.59. The molecule has 1 aromatic carbocycles. The molecule has 0 aliphatic carbocycles. The fourth-order valence-corrected chi connectivity index (χ4v) is 5.10. The molecule has 0 amide bonds. The first-order valence-corrected chi connectivity index (χ1v) is 9.60. The third-order valence-electron chi connectivity index (χ3n) is 3.68. The molecule has 1 saturated heterocycles. The Morgan fingerprint density at radius 1 is 1.30 bits per heavy atom. The van der Waals surface area contributed by atoms with E-state index < -0.39 is 43.8 Å². The second-order valence-electron chi connectivity index (χ2n) is 5.28. The van der Waals surface area contributed by atoms with Crippen LogP contribution in [0.25, 0.3) is 0 Å². The Bertz CT molecular complexity index is 691. The molecule has 23 heavy (non-hydrogen) atoms. The summed E-state index contributed by atoms with van der Waals surface area (Å²) in [5, 5.41) is 0. The second kappa shape index (κ2) is 6.88. The zero-order valence-corrected chi connectivity index (χ0v) is 13.6. The van der Waals surface area contributed by atoms with Crippen LogP contribution in [0.3, 0.4) is 0 Å². The summed E-state index contributed by atoms with van der Waals surface area (Å²) < 4.78 is 84.6. The molecule has 2 unspecified atom stereocenters. The van der Waals surface area contributed by atoms with E-state index in [1.165, 1.54) is 0 Å². The normalized spacial score (nSPS) is 22.0. The molecule has 1 heterocycles. The molecular weight excluding hydrogens is 355 g/mol. The number of hydrogen-bond acceptors (Lipinski definition) is 3. The highest BCUT2D eigenvalue weighted by Gasteiger charge is 2.36. The van der Waals surface area contributed by atoms with Crippen LogP contribution in [0.15, 0.2) is 29.2 Å². The monoisotopic (exact) mass is 371 g/mol. The molecule has 0 spiro atoms. The van der Waals surface area contributed by atoms with Gasteiger partial charge in [0.1, 0.15) is 0 Å². The summed E-state index contributed by atoms with van der Waals surface area (Å²) >= 11 is -2.18. The van der Waals surface area contributed by atoms with Crippen molar-refractivity contribution >= 4 is 21.1 Å². The number of halogens is 3. The van der Waals surface area contributed by atoms with Gasteiger partial charge in [0.05, 0.1) is 16.2 Å². The highest BCUT2D eigenvalue weighted by molar-refractivity contribution is 7.89. The highest BCUT2D eigenvalue weighted by Crippen LogP contribution is 2.32. The van der Waals surface area contributed by atoms with Crippen molar-refractivity contribution in [1.29, 1.82) is 0 Å². The van der Waals surface area contributed by atoms with Crippen LogP contribution in [0.5, 0.6) is 0 Å². The SMILES string of the molecule is O=S(O)CC1CCCCN1S(=O)(=O)c1cccc(C(F)(F)F)c1. The van der Waals surface area contributed by atoms with Crippen molar-refractivity contribution < 1.29 is 30.4 Å². The number of nitrogens with zero attached hydrogens (tertiary/aromatic N) is 1. The summed E-state index contributed by atoms with van der Waals surface area (Å²) in [6, 6.07) is 2.85. The molecule has 2 atom stereocenters. The summed E-state index contributed by atoms with van der Waals surface area (Å²) in [7, 11) is -4.15. The van der Waals surface area contributed by atoms with Crippen LogP contribution in [-0.2, 0) is 27.3 Å². The van der Waals surface area contributed by atoms with Gasteiger partial charge in [0.25, 0.3) is 0 Å². The maximum absolute atomic E-state index is 12.8. The van der Waals surface area contributed by atoms with Crippen molar-refractivity contribution in [3.05, 3.63) is 29.8 Å². The van der Waals surface area contributed by atoms with Gasteiger partial charge in [0.15, 0.2) is 11.1 Å². The van der Waals surface area contributed by atoms with E-state index in [1.807, 2.05) is 0 Å². The minimum atomic E-state index is -4.64. The molecule has 130 valence electrons. The molecule has 10 heteroatoms. The lowest BCUT2D eigenvalue weighted by atomic mass is 10.1. The standard InChI is InChI=1S/C13H16F3NO4S2/c14-13(15,16)10-4-3-6-12(8-10)23(20,21)17-7-2-1-5-11(17)9-22(18)19/h3-4,6,8,11H,1-2,5,7,9H2,(H,18,19). The number of rotatable bonds is 4. The first-order chi connectivity index (χ1) is 10.6. The lowest BCUT2D eigenvalue weighted by Crippen LogP contribution is -2.46. The van der Waals surface area contributed by atoms with E-state index >= 15 is 0 Å². The lowest BCUT2D eigenvalue weighted by Gasteiger charge is -2.34.